The largest absolute Gasteiger partial charge is 0.474 e. The molecule has 0 bridgehead atoms. The fourth-order valence-corrected chi connectivity index (χ4v) is 2.42. The smallest absolute Gasteiger partial charge is 0.254 e. The Hall–Kier alpha value is -1.62. The molecule has 1 aromatic rings. The maximum absolute atomic E-state index is 11.7. The SMILES string of the molecule is CN(C)C(=O)c1ccc(OC2CCCC2CN)nc1. The van der Waals surface area contributed by atoms with Crippen molar-refractivity contribution in [3.05, 3.63) is 23.9 Å². The zero-order valence-corrected chi connectivity index (χ0v) is 11.5. The molecule has 1 fully saturated rings. The maximum atomic E-state index is 11.7. The van der Waals surface area contributed by atoms with Gasteiger partial charge in [-0.3, -0.25) is 4.79 Å². The zero-order valence-electron chi connectivity index (χ0n) is 11.5. The number of carbonyl (C=O) groups excluding carboxylic acids is 1. The van der Waals surface area contributed by atoms with Gasteiger partial charge in [0.25, 0.3) is 5.91 Å². The highest BCUT2D eigenvalue weighted by atomic mass is 16.5. The molecule has 0 spiro atoms. The van der Waals surface area contributed by atoms with Gasteiger partial charge in [-0.25, -0.2) is 4.98 Å². The number of rotatable bonds is 4. The summed E-state index contributed by atoms with van der Waals surface area (Å²) >= 11 is 0. The van der Waals surface area contributed by atoms with E-state index in [4.69, 9.17) is 10.5 Å². The summed E-state index contributed by atoms with van der Waals surface area (Å²) in [4.78, 5) is 17.5. The second kappa shape index (κ2) is 6.02. The molecule has 1 saturated carbocycles. The maximum Gasteiger partial charge on any atom is 0.254 e. The summed E-state index contributed by atoms with van der Waals surface area (Å²) in [6.45, 7) is 0.655. The van der Waals surface area contributed by atoms with E-state index in [1.54, 1.807) is 32.4 Å². The Morgan fingerprint density at radius 3 is 2.84 bits per heavy atom. The number of amides is 1. The number of nitrogens with two attached hydrogens (primary N) is 1. The molecule has 2 rings (SSSR count). The number of pyridine rings is 1. The van der Waals surface area contributed by atoms with Gasteiger partial charge in [-0.2, -0.15) is 0 Å². The predicted molar refractivity (Wildman–Crippen MR) is 73.1 cm³/mol. The van der Waals surface area contributed by atoms with Gasteiger partial charge in [-0.1, -0.05) is 0 Å². The summed E-state index contributed by atoms with van der Waals surface area (Å²) in [5.74, 6) is 0.935. The standard InChI is InChI=1S/C14H21N3O2/c1-17(2)14(18)11-6-7-13(16-9-11)19-12-5-3-4-10(12)8-15/h6-7,9-10,12H,3-5,8,15H2,1-2H3. The van der Waals surface area contributed by atoms with E-state index in [9.17, 15) is 4.79 Å². The van der Waals surface area contributed by atoms with Crippen molar-refractivity contribution in [1.29, 1.82) is 0 Å². The Bertz CT molecular complexity index is 431. The topological polar surface area (TPSA) is 68.5 Å². The summed E-state index contributed by atoms with van der Waals surface area (Å²) in [6, 6.07) is 3.50. The first-order valence-corrected chi connectivity index (χ1v) is 6.66. The van der Waals surface area contributed by atoms with Crippen LogP contribution in [0.2, 0.25) is 0 Å². The molecule has 2 N–H and O–H groups in total. The number of nitrogens with zero attached hydrogens (tertiary/aromatic N) is 2. The molecule has 5 nitrogen and oxygen atoms in total. The van der Waals surface area contributed by atoms with Crippen LogP contribution in [0.25, 0.3) is 0 Å². The molecule has 1 aliphatic carbocycles. The second-order valence-corrected chi connectivity index (χ2v) is 5.17. The third kappa shape index (κ3) is 3.23. The first-order chi connectivity index (χ1) is 9.11. The van der Waals surface area contributed by atoms with E-state index in [2.05, 4.69) is 4.98 Å². The third-order valence-electron chi connectivity index (χ3n) is 3.55. The average Bonchev–Trinajstić information content (AvgIpc) is 2.86. The molecule has 1 aliphatic rings. The van der Waals surface area contributed by atoms with Crippen molar-refractivity contribution in [2.75, 3.05) is 20.6 Å². The lowest BCUT2D eigenvalue weighted by molar-refractivity contribution is 0.0827. The van der Waals surface area contributed by atoms with Gasteiger partial charge in [0.15, 0.2) is 0 Å². The highest BCUT2D eigenvalue weighted by molar-refractivity contribution is 5.93. The molecule has 0 saturated heterocycles. The summed E-state index contributed by atoms with van der Waals surface area (Å²) in [5.41, 5.74) is 6.29. The number of hydrogen-bond acceptors (Lipinski definition) is 4. The van der Waals surface area contributed by atoms with Crippen LogP contribution in [0.1, 0.15) is 29.6 Å². The van der Waals surface area contributed by atoms with Crippen LogP contribution in [0, 0.1) is 5.92 Å². The first-order valence-electron chi connectivity index (χ1n) is 6.66. The van der Waals surface area contributed by atoms with Crippen LogP contribution in [0.15, 0.2) is 18.3 Å². The lowest BCUT2D eigenvalue weighted by atomic mass is 10.1. The van der Waals surface area contributed by atoms with E-state index in [0.717, 1.165) is 19.3 Å². The van der Waals surface area contributed by atoms with Gasteiger partial charge in [0.2, 0.25) is 5.88 Å². The molecule has 1 aromatic heterocycles. The summed E-state index contributed by atoms with van der Waals surface area (Å²) in [6.07, 6.45) is 5.03. The molecule has 2 unspecified atom stereocenters. The molecular formula is C14H21N3O2. The van der Waals surface area contributed by atoms with E-state index in [0.29, 0.717) is 23.9 Å². The van der Waals surface area contributed by atoms with Gasteiger partial charge < -0.3 is 15.4 Å². The van der Waals surface area contributed by atoms with Crippen LogP contribution in [0.4, 0.5) is 0 Å². The van der Waals surface area contributed by atoms with Gasteiger partial charge in [0.1, 0.15) is 6.10 Å². The highest BCUT2D eigenvalue weighted by Gasteiger charge is 2.28. The molecule has 5 heteroatoms. The summed E-state index contributed by atoms with van der Waals surface area (Å²) < 4.78 is 5.86. The van der Waals surface area contributed by atoms with Crippen LogP contribution in [0.3, 0.4) is 0 Å². The Balaban J connectivity index is 2.01. The van der Waals surface area contributed by atoms with Gasteiger partial charge in [-0.15, -0.1) is 0 Å². The van der Waals surface area contributed by atoms with Crippen molar-refractivity contribution in [2.24, 2.45) is 11.7 Å². The van der Waals surface area contributed by atoms with Crippen molar-refractivity contribution in [3.8, 4) is 5.88 Å². The van der Waals surface area contributed by atoms with Gasteiger partial charge in [-0.05, 0) is 31.9 Å². The van der Waals surface area contributed by atoms with E-state index in [1.165, 1.54) is 4.90 Å². The predicted octanol–water partition coefficient (Wildman–Crippen LogP) is 1.29. The molecule has 1 heterocycles. The van der Waals surface area contributed by atoms with E-state index < -0.39 is 0 Å². The lowest BCUT2D eigenvalue weighted by Crippen LogP contribution is -2.28. The van der Waals surface area contributed by atoms with Gasteiger partial charge >= 0.3 is 0 Å². The number of ether oxygens (including phenoxy) is 1. The summed E-state index contributed by atoms with van der Waals surface area (Å²) in [5, 5.41) is 0. The van der Waals surface area contributed by atoms with Crippen molar-refractivity contribution in [3.63, 3.8) is 0 Å². The molecule has 1 amide bonds. The number of aromatic nitrogens is 1. The van der Waals surface area contributed by atoms with Gasteiger partial charge in [0.05, 0.1) is 5.56 Å². The minimum absolute atomic E-state index is 0.0558. The van der Waals surface area contributed by atoms with Crippen molar-refractivity contribution in [2.45, 2.75) is 25.4 Å². The van der Waals surface area contributed by atoms with E-state index in [-0.39, 0.29) is 12.0 Å². The highest BCUT2D eigenvalue weighted by Crippen LogP contribution is 2.28. The third-order valence-corrected chi connectivity index (χ3v) is 3.55. The molecule has 0 radical (unpaired) electrons. The van der Waals surface area contributed by atoms with Crippen LogP contribution in [-0.2, 0) is 0 Å². The summed E-state index contributed by atoms with van der Waals surface area (Å²) in [7, 11) is 3.44. The molecule has 19 heavy (non-hydrogen) atoms. The number of carbonyl (C=O) groups is 1. The Morgan fingerprint density at radius 1 is 1.47 bits per heavy atom. The molecular weight excluding hydrogens is 242 g/mol. The zero-order chi connectivity index (χ0) is 13.8. The van der Waals surface area contributed by atoms with E-state index >= 15 is 0 Å². The average molecular weight is 263 g/mol. The van der Waals surface area contributed by atoms with Crippen molar-refractivity contribution in [1.82, 2.24) is 9.88 Å². The minimum atomic E-state index is -0.0558. The Kier molecular flexibility index (Phi) is 4.37. The monoisotopic (exact) mass is 263 g/mol. The fraction of sp³-hybridized carbons (Fsp3) is 0.571. The van der Waals surface area contributed by atoms with Crippen LogP contribution >= 0.6 is 0 Å². The fourth-order valence-electron chi connectivity index (χ4n) is 2.42. The number of hydrogen-bond donors (Lipinski definition) is 1. The Morgan fingerprint density at radius 2 is 2.26 bits per heavy atom. The Labute approximate surface area is 113 Å². The minimum Gasteiger partial charge on any atom is -0.474 e. The van der Waals surface area contributed by atoms with Crippen molar-refractivity contribution >= 4 is 5.91 Å². The lowest BCUT2D eigenvalue weighted by Gasteiger charge is -2.19. The van der Waals surface area contributed by atoms with Crippen LogP contribution in [-0.4, -0.2) is 42.5 Å². The molecule has 0 aromatic carbocycles. The molecule has 104 valence electrons. The normalized spacial score (nSPS) is 22.3. The van der Waals surface area contributed by atoms with Crippen molar-refractivity contribution < 1.29 is 9.53 Å². The quantitative estimate of drug-likeness (QED) is 0.888. The second-order valence-electron chi connectivity index (χ2n) is 5.17. The first kappa shape index (κ1) is 13.8. The van der Waals surface area contributed by atoms with Crippen LogP contribution in [0.5, 0.6) is 5.88 Å². The van der Waals surface area contributed by atoms with Crippen LogP contribution < -0.4 is 10.5 Å². The van der Waals surface area contributed by atoms with E-state index in [1.807, 2.05) is 0 Å². The van der Waals surface area contributed by atoms with Gasteiger partial charge in [0, 0.05) is 32.3 Å². The molecule has 0 aliphatic heterocycles. The molecule has 2 atom stereocenters.